The molecule has 0 heterocycles. The molecule has 0 heteroatoms. The molecular weight excluding hydrogens is 180 g/mol. The Hall–Kier alpha value is 0. The van der Waals surface area contributed by atoms with Gasteiger partial charge in [-0.15, -0.1) is 0 Å². The third kappa shape index (κ3) is 5.04. The summed E-state index contributed by atoms with van der Waals surface area (Å²) in [5.41, 5.74) is 0. The molecule has 90 valence electrons. The fourth-order valence-electron chi connectivity index (χ4n) is 3.21. The van der Waals surface area contributed by atoms with Gasteiger partial charge in [-0.05, 0) is 11.8 Å². The van der Waals surface area contributed by atoms with Crippen LogP contribution in [0.1, 0.15) is 84.5 Å². The lowest BCUT2D eigenvalue weighted by atomic mass is 9.76. The smallest absolute Gasteiger partial charge is 0.0386 e. The van der Waals surface area contributed by atoms with Gasteiger partial charge in [-0.25, -0.2) is 0 Å². The Kier molecular flexibility index (Phi) is 7.13. The summed E-state index contributed by atoms with van der Waals surface area (Å²) in [6.45, 7) is 4.71. The minimum Gasteiger partial charge on any atom is -0.0654 e. The number of hydrogen-bond acceptors (Lipinski definition) is 0. The summed E-state index contributed by atoms with van der Waals surface area (Å²) in [6, 6.07) is 0. The maximum Gasteiger partial charge on any atom is -0.0386 e. The number of unbranched alkanes of at least 4 members (excludes halogenated alkanes) is 3. The monoisotopic (exact) mass is 210 g/mol. The Bertz CT molecular complexity index is 133. The summed E-state index contributed by atoms with van der Waals surface area (Å²) in [5.74, 6) is 2.15. The molecule has 0 N–H and O–H groups in total. The summed E-state index contributed by atoms with van der Waals surface area (Å²) in [5, 5.41) is 0. The first-order valence-corrected chi connectivity index (χ1v) is 7.38. The fourth-order valence-corrected chi connectivity index (χ4v) is 3.21. The minimum absolute atomic E-state index is 1.06. The molecule has 0 nitrogen and oxygen atoms in total. The van der Waals surface area contributed by atoms with Crippen LogP contribution in [0, 0.1) is 11.8 Å². The molecule has 1 unspecified atom stereocenters. The second kappa shape index (κ2) is 8.19. The van der Waals surface area contributed by atoms with Gasteiger partial charge in [-0.2, -0.15) is 0 Å². The van der Waals surface area contributed by atoms with E-state index >= 15 is 0 Å². The molecule has 0 radical (unpaired) electrons. The molecule has 0 spiro atoms. The van der Waals surface area contributed by atoms with Gasteiger partial charge in [-0.3, -0.25) is 0 Å². The van der Waals surface area contributed by atoms with Crippen LogP contribution in [0.2, 0.25) is 0 Å². The maximum absolute atomic E-state index is 2.40. The van der Waals surface area contributed by atoms with E-state index in [1.54, 1.807) is 0 Å². The van der Waals surface area contributed by atoms with Crippen LogP contribution in [-0.2, 0) is 0 Å². The van der Waals surface area contributed by atoms with Gasteiger partial charge < -0.3 is 0 Å². The lowest BCUT2D eigenvalue weighted by molar-refractivity contribution is 0.225. The van der Waals surface area contributed by atoms with Gasteiger partial charge >= 0.3 is 0 Å². The van der Waals surface area contributed by atoms with Crippen molar-refractivity contribution in [2.75, 3.05) is 0 Å². The molecule has 1 atom stereocenters. The van der Waals surface area contributed by atoms with Gasteiger partial charge in [0.15, 0.2) is 0 Å². The van der Waals surface area contributed by atoms with Gasteiger partial charge in [-0.1, -0.05) is 84.5 Å². The van der Waals surface area contributed by atoms with Crippen LogP contribution in [0.4, 0.5) is 0 Å². The standard InChI is InChI=1S/C15H30/c1-3-5-6-8-11-14(4-2)15-12-9-7-10-13-15/h14-15H,3-13H2,1-2H3. The van der Waals surface area contributed by atoms with Gasteiger partial charge in [0.1, 0.15) is 0 Å². The summed E-state index contributed by atoms with van der Waals surface area (Å²) in [7, 11) is 0. The van der Waals surface area contributed by atoms with E-state index in [9.17, 15) is 0 Å². The van der Waals surface area contributed by atoms with Crippen molar-refractivity contribution in [3.8, 4) is 0 Å². The van der Waals surface area contributed by atoms with Crippen molar-refractivity contribution in [3.05, 3.63) is 0 Å². The van der Waals surface area contributed by atoms with Gasteiger partial charge in [0.25, 0.3) is 0 Å². The quantitative estimate of drug-likeness (QED) is 0.482. The number of hydrogen-bond donors (Lipinski definition) is 0. The van der Waals surface area contributed by atoms with Crippen LogP contribution < -0.4 is 0 Å². The van der Waals surface area contributed by atoms with Crippen LogP contribution in [0.15, 0.2) is 0 Å². The molecule has 1 aliphatic carbocycles. The Morgan fingerprint density at radius 2 is 1.67 bits per heavy atom. The average Bonchev–Trinajstić information content (AvgIpc) is 2.30. The second-order valence-corrected chi connectivity index (χ2v) is 5.42. The van der Waals surface area contributed by atoms with Crippen molar-refractivity contribution < 1.29 is 0 Å². The Balaban J connectivity index is 2.15. The zero-order valence-corrected chi connectivity index (χ0v) is 10.9. The Morgan fingerprint density at radius 1 is 0.933 bits per heavy atom. The van der Waals surface area contributed by atoms with Crippen molar-refractivity contribution in [1.29, 1.82) is 0 Å². The number of rotatable bonds is 7. The molecule has 1 rings (SSSR count). The minimum atomic E-state index is 1.06. The molecule has 1 saturated carbocycles. The maximum atomic E-state index is 2.40. The highest BCUT2D eigenvalue weighted by Crippen LogP contribution is 2.34. The van der Waals surface area contributed by atoms with Crippen LogP contribution in [0.25, 0.3) is 0 Å². The van der Waals surface area contributed by atoms with E-state index in [-0.39, 0.29) is 0 Å². The van der Waals surface area contributed by atoms with Crippen LogP contribution in [0.5, 0.6) is 0 Å². The van der Waals surface area contributed by atoms with Crippen LogP contribution in [0.3, 0.4) is 0 Å². The third-order valence-corrected chi connectivity index (χ3v) is 4.27. The summed E-state index contributed by atoms with van der Waals surface area (Å²) in [4.78, 5) is 0. The highest BCUT2D eigenvalue weighted by Gasteiger charge is 2.21. The molecule has 0 bridgehead atoms. The molecule has 0 aromatic carbocycles. The van der Waals surface area contributed by atoms with E-state index in [0.29, 0.717) is 0 Å². The first-order valence-electron chi connectivity index (χ1n) is 7.38. The van der Waals surface area contributed by atoms with E-state index in [4.69, 9.17) is 0 Å². The highest BCUT2D eigenvalue weighted by atomic mass is 14.3. The normalized spacial score (nSPS) is 20.4. The lowest BCUT2D eigenvalue weighted by Gasteiger charge is -2.29. The van der Waals surface area contributed by atoms with Crippen molar-refractivity contribution in [2.45, 2.75) is 84.5 Å². The molecule has 15 heavy (non-hydrogen) atoms. The van der Waals surface area contributed by atoms with Crippen molar-refractivity contribution in [2.24, 2.45) is 11.8 Å². The topological polar surface area (TPSA) is 0 Å². The largest absolute Gasteiger partial charge is 0.0654 e. The molecule has 0 aliphatic heterocycles. The SMILES string of the molecule is CCCCCCC(CC)C1CCCCC1. The van der Waals surface area contributed by atoms with Crippen molar-refractivity contribution in [1.82, 2.24) is 0 Å². The average molecular weight is 210 g/mol. The molecule has 0 aromatic heterocycles. The molecule has 1 aliphatic rings. The lowest BCUT2D eigenvalue weighted by Crippen LogP contribution is -2.17. The summed E-state index contributed by atoms with van der Waals surface area (Å²) >= 11 is 0. The van der Waals surface area contributed by atoms with E-state index < -0.39 is 0 Å². The van der Waals surface area contributed by atoms with Crippen molar-refractivity contribution in [3.63, 3.8) is 0 Å². The summed E-state index contributed by atoms with van der Waals surface area (Å²) in [6.07, 6.45) is 16.3. The van der Waals surface area contributed by atoms with E-state index in [0.717, 1.165) is 11.8 Å². The predicted octanol–water partition coefficient (Wildman–Crippen LogP) is 5.56. The third-order valence-electron chi connectivity index (χ3n) is 4.27. The van der Waals surface area contributed by atoms with Crippen LogP contribution in [-0.4, -0.2) is 0 Å². The van der Waals surface area contributed by atoms with Gasteiger partial charge in [0.2, 0.25) is 0 Å². The fraction of sp³-hybridized carbons (Fsp3) is 1.00. The second-order valence-electron chi connectivity index (χ2n) is 5.42. The van der Waals surface area contributed by atoms with Gasteiger partial charge in [0, 0.05) is 0 Å². The summed E-state index contributed by atoms with van der Waals surface area (Å²) < 4.78 is 0. The first kappa shape index (κ1) is 13.1. The first-order chi connectivity index (χ1) is 7.38. The zero-order valence-electron chi connectivity index (χ0n) is 10.9. The Labute approximate surface area is 96.8 Å². The van der Waals surface area contributed by atoms with Crippen molar-refractivity contribution >= 4 is 0 Å². The predicted molar refractivity (Wildman–Crippen MR) is 69.1 cm³/mol. The molecule has 0 saturated heterocycles. The van der Waals surface area contributed by atoms with Gasteiger partial charge in [0.05, 0.1) is 0 Å². The van der Waals surface area contributed by atoms with E-state index in [1.165, 1.54) is 70.6 Å². The molecule has 0 aromatic rings. The molecule has 0 amide bonds. The Morgan fingerprint density at radius 3 is 2.27 bits per heavy atom. The van der Waals surface area contributed by atoms with Crippen LogP contribution >= 0.6 is 0 Å². The highest BCUT2D eigenvalue weighted by molar-refractivity contribution is 4.73. The molecular formula is C15H30. The van der Waals surface area contributed by atoms with E-state index in [1.807, 2.05) is 0 Å². The zero-order chi connectivity index (χ0) is 10.9. The van der Waals surface area contributed by atoms with E-state index in [2.05, 4.69) is 13.8 Å². The molecule has 1 fully saturated rings.